The first kappa shape index (κ1) is 30.8. The molecule has 0 saturated heterocycles. The Labute approximate surface area is 237 Å². The summed E-state index contributed by atoms with van der Waals surface area (Å²) in [5, 5.41) is 2.96. The predicted octanol–water partition coefficient (Wildman–Crippen LogP) is 4.76. The summed E-state index contributed by atoms with van der Waals surface area (Å²) in [6.45, 7) is 6.83. The maximum atomic E-state index is 14.8. The van der Waals surface area contributed by atoms with E-state index in [0.29, 0.717) is 12.1 Å². The number of nitrogens with one attached hydrogen (secondary N) is 1. The molecule has 3 rings (SSSR count). The highest BCUT2D eigenvalue weighted by Gasteiger charge is 2.33. The van der Waals surface area contributed by atoms with Crippen molar-refractivity contribution in [2.75, 3.05) is 17.1 Å². The minimum Gasteiger partial charge on any atom is -0.352 e. The molecule has 0 aromatic heterocycles. The predicted molar refractivity (Wildman–Crippen MR) is 157 cm³/mol. The number of carbonyl (C=O) groups excluding carboxylic acids is 2. The van der Waals surface area contributed by atoms with Gasteiger partial charge in [0.15, 0.2) is 0 Å². The largest absolute Gasteiger partial charge is 0.352 e. The van der Waals surface area contributed by atoms with Crippen molar-refractivity contribution in [3.63, 3.8) is 0 Å². The molecule has 0 saturated carbocycles. The highest BCUT2D eigenvalue weighted by molar-refractivity contribution is 7.92. The zero-order valence-electron chi connectivity index (χ0n) is 23.7. The Morgan fingerprint density at radius 2 is 1.60 bits per heavy atom. The van der Waals surface area contributed by atoms with E-state index < -0.39 is 34.3 Å². The molecule has 0 unspecified atom stereocenters. The summed E-state index contributed by atoms with van der Waals surface area (Å²) in [5.74, 6) is -1.53. The molecule has 9 heteroatoms. The Balaban J connectivity index is 2.08. The van der Waals surface area contributed by atoms with Crippen molar-refractivity contribution in [2.24, 2.45) is 0 Å². The van der Waals surface area contributed by atoms with Crippen molar-refractivity contribution >= 4 is 27.5 Å². The number of amides is 2. The van der Waals surface area contributed by atoms with Gasteiger partial charge in [-0.1, -0.05) is 61.5 Å². The molecule has 0 bridgehead atoms. The van der Waals surface area contributed by atoms with Crippen LogP contribution in [0.1, 0.15) is 42.5 Å². The molecule has 0 heterocycles. The Kier molecular flexibility index (Phi) is 10.5. The SMILES string of the molecule is CC[C@H](C)NC(=O)[C@@H](Cc1ccccc1)N(Cc1ccccc1F)C(=O)CN(c1ccc(C)c(C)c1)S(C)(=O)=O. The molecule has 7 nitrogen and oxygen atoms in total. The number of anilines is 1. The number of benzene rings is 3. The van der Waals surface area contributed by atoms with Gasteiger partial charge in [-0.25, -0.2) is 12.8 Å². The van der Waals surface area contributed by atoms with E-state index in [1.807, 2.05) is 58.0 Å². The van der Waals surface area contributed by atoms with Crippen LogP contribution in [0.4, 0.5) is 10.1 Å². The van der Waals surface area contributed by atoms with Gasteiger partial charge in [-0.15, -0.1) is 0 Å². The number of rotatable bonds is 12. The van der Waals surface area contributed by atoms with E-state index in [1.165, 1.54) is 11.0 Å². The van der Waals surface area contributed by atoms with Crippen LogP contribution < -0.4 is 9.62 Å². The average Bonchev–Trinajstić information content (AvgIpc) is 2.91. The topological polar surface area (TPSA) is 86.8 Å². The Hall–Kier alpha value is -3.72. The highest BCUT2D eigenvalue weighted by Crippen LogP contribution is 2.23. The van der Waals surface area contributed by atoms with Crippen molar-refractivity contribution < 1.29 is 22.4 Å². The third-order valence-corrected chi connectivity index (χ3v) is 8.17. The first-order valence-corrected chi connectivity index (χ1v) is 15.2. The summed E-state index contributed by atoms with van der Waals surface area (Å²) >= 11 is 0. The third kappa shape index (κ3) is 8.14. The van der Waals surface area contributed by atoms with Crippen molar-refractivity contribution in [2.45, 2.75) is 59.2 Å². The number of aryl methyl sites for hydroxylation is 2. The molecule has 214 valence electrons. The van der Waals surface area contributed by atoms with E-state index in [9.17, 15) is 22.4 Å². The van der Waals surface area contributed by atoms with E-state index in [-0.39, 0.29) is 30.5 Å². The van der Waals surface area contributed by atoms with Gasteiger partial charge in [-0.05, 0) is 62.1 Å². The maximum Gasteiger partial charge on any atom is 0.244 e. The molecular formula is C31H38FN3O4S. The molecule has 2 atom stereocenters. The van der Waals surface area contributed by atoms with Crippen LogP contribution in [0.25, 0.3) is 0 Å². The fourth-order valence-electron chi connectivity index (χ4n) is 4.30. The monoisotopic (exact) mass is 567 g/mol. The second kappa shape index (κ2) is 13.6. The summed E-state index contributed by atoms with van der Waals surface area (Å²) in [6, 6.07) is 19.3. The smallest absolute Gasteiger partial charge is 0.244 e. The van der Waals surface area contributed by atoms with Gasteiger partial charge in [0.2, 0.25) is 21.8 Å². The fraction of sp³-hybridized carbons (Fsp3) is 0.355. The highest BCUT2D eigenvalue weighted by atomic mass is 32.2. The van der Waals surface area contributed by atoms with E-state index in [0.717, 1.165) is 27.3 Å². The molecule has 0 radical (unpaired) electrons. The Morgan fingerprint density at radius 1 is 0.950 bits per heavy atom. The van der Waals surface area contributed by atoms with Gasteiger partial charge >= 0.3 is 0 Å². The van der Waals surface area contributed by atoms with Crippen LogP contribution in [0.2, 0.25) is 0 Å². The summed E-state index contributed by atoms with van der Waals surface area (Å²) in [4.78, 5) is 29.0. The lowest BCUT2D eigenvalue weighted by atomic mass is 10.0. The number of hydrogen-bond donors (Lipinski definition) is 1. The molecule has 0 fully saturated rings. The van der Waals surface area contributed by atoms with Crippen molar-refractivity contribution in [3.05, 3.63) is 101 Å². The second-order valence-electron chi connectivity index (χ2n) is 10.2. The lowest BCUT2D eigenvalue weighted by Crippen LogP contribution is -2.54. The van der Waals surface area contributed by atoms with Crippen molar-refractivity contribution in [1.82, 2.24) is 10.2 Å². The number of nitrogens with zero attached hydrogens (tertiary/aromatic N) is 2. The number of halogens is 1. The average molecular weight is 568 g/mol. The van der Waals surface area contributed by atoms with Crippen LogP contribution in [0.3, 0.4) is 0 Å². The molecule has 1 N–H and O–H groups in total. The zero-order chi connectivity index (χ0) is 29.4. The summed E-state index contributed by atoms with van der Waals surface area (Å²) in [5.41, 5.74) is 3.23. The molecule has 0 aliphatic rings. The fourth-order valence-corrected chi connectivity index (χ4v) is 5.14. The lowest BCUT2D eigenvalue weighted by Gasteiger charge is -2.34. The minimum absolute atomic E-state index is 0.153. The van der Waals surface area contributed by atoms with Gasteiger partial charge in [0.05, 0.1) is 11.9 Å². The normalized spacial score (nSPS) is 12.8. The summed E-state index contributed by atoms with van der Waals surface area (Å²) in [6.07, 6.45) is 1.89. The van der Waals surface area contributed by atoms with Crippen LogP contribution in [0.15, 0.2) is 72.8 Å². The first-order chi connectivity index (χ1) is 18.9. The standard InChI is InChI=1S/C31H38FN3O4S/c1-6-24(4)33-31(37)29(19-25-12-8-7-9-13-25)34(20-26-14-10-11-15-28(26)32)30(36)21-35(40(5,38)39)27-17-16-22(2)23(3)18-27/h7-18,24,29H,6,19-21H2,1-5H3,(H,33,37)/t24-,29+/m0/s1. The zero-order valence-corrected chi connectivity index (χ0v) is 24.5. The maximum absolute atomic E-state index is 14.8. The van der Waals surface area contributed by atoms with Gasteiger partial charge < -0.3 is 10.2 Å². The quantitative estimate of drug-likeness (QED) is 0.342. The molecule has 0 spiro atoms. The second-order valence-corrected chi connectivity index (χ2v) is 12.1. The van der Waals surface area contributed by atoms with Gasteiger partial charge in [0.25, 0.3) is 0 Å². The molecule has 0 aliphatic carbocycles. The van der Waals surface area contributed by atoms with Gasteiger partial charge in [0, 0.05) is 24.6 Å². The minimum atomic E-state index is -3.87. The van der Waals surface area contributed by atoms with E-state index in [4.69, 9.17) is 0 Å². The Morgan fingerprint density at radius 3 is 2.20 bits per heavy atom. The van der Waals surface area contributed by atoms with Crippen LogP contribution in [-0.2, 0) is 32.6 Å². The molecule has 40 heavy (non-hydrogen) atoms. The third-order valence-electron chi connectivity index (χ3n) is 7.03. The summed E-state index contributed by atoms with van der Waals surface area (Å²) < 4.78 is 41.6. The van der Waals surface area contributed by atoms with Crippen molar-refractivity contribution in [1.29, 1.82) is 0 Å². The number of carbonyl (C=O) groups is 2. The Bertz CT molecular complexity index is 1430. The van der Waals surface area contributed by atoms with Gasteiger partial charge in [-0.3, -0.25) is 13.9 Å². The molecule has 3 aromatic rings. The van der Waals surface area contributed by atoms with Crippen LogP contribution in [0, 0.1) is 19.7 Å². The van der Waals surface area contributed by atoms with E-state index in [2.05, 4.69) is 5.32 Å². The van der Waals surface area contributed by atoms with E-state index >= 15 is 0 Å². The van der Waals surface area contributed by atoms with Gasteiger partial charge in [0.1, 0.15) is 18.4 Å². The molecule has 3 aromatic carbocycles. The molecule has 2 amide bonds. The van der Waals surface area contributed by atoms with Gasteiger partial charge in [-0.2, -0.15) is 0 Å². The van der Waals surface area contributed by atoms with Crippen molar-refractivity contribution in [3.8, 4) is 0 Å². The number of hydrogen-bond acceptors (Lipinski definition) is 4. The first-order valence-electron chi connectivity index (χ1n) is 13.3. The van der Waals surface area contributed by atoms with Crippen LogP contribution in [-0.4, -0.2) is 50.0 Å². The van der Waals surface area contributed by atoms with E-state index in [1.54, 1.807) is 36.4 Å². The van der Waals surface area contributed by atoms with Crippen LogP contribution >= 0.6 is 0 Å². The number of sulfonamides is 1. The molecule has 0 aliphatic heterocycles. The summed E-state index contributed by atoms with van der Waals surface area (Å²) in [7, 11) is -3.87. The van der Waals surface area contributed by atoms with Crippen LogP contribution in [0.5, 0.6) is 0 Å². The molecular weight excluding hydrogens is 529 g/mol. The lowest BCUT2D eigenvalue weighted by molar-refractivity contribution is -0.140.